The monoisotopic (exact) mass is 267 g/mol. The maximum absolute atomic E-state index is 11.0. The highest BCUT2D eigenvalue weighted by Gasteiger charge is 2.15. The van der Waals surface area contributed by atoms with E-state index in [1.54, 1.807) is 0 Å². The molecule has 0 saturated carbocycles. The highest BCUT2D eigenvalue weighted by Crippen LogP contribution is 2.25. The lowest BCUT2D eigenvalue weighted by molar-refractivity contribution is -0.384. The first-order valence-corrected chi connectivity index (χ1v) is 5.96. The number of carbonyl (C=O) groups is 1. The zero-order valence-electron chi connectivity index (χ0n) is 10.7. The smallest absolute Gasteiger partial charge is 0.293 e. The summed E-state index contributed by atoms with van der Waals surface area (Å²) in [5.74, 6) is -0.689. The largest absolute Gasteiger partial charge is 0.382 e. The first-order valence-electron chi connectivity index (χ1n) is 5.96. The molecule has 0 heterocycles. The van der Waals surface area contributed by atoms with Gasteiger partial charge in [-0.25, -0.2) is 0 Å². The number of anilines is 1. The van der Waals surface area contributed by atoms with Gasteiger partial charge < -0.3 is 15.8 Å². The molecule has 1 amide bonds. The van der Waals surface area contributed by atoms with Crippen molar-refractivity contribution in [2.24, 2.45) is 5.73 Å². The van der Waals surface area contributed by atoms with Gasteiger partial charge in [-0.3, -0.25) is 14.9 Å². The van der Waals surface area contributed by atoms with E-state index in [9.17, 15) is 14.9 Å². The molecule has 0 saturated heterocycles. The van der Waals surface area contributed by atoms with Crippen molar-refractivity contribution in [2.45, 2.75) is 13.3 Å². The van der Waals surface area contributed by atoms with E-state index in [4.69, 9.17) is 10.5 Å². The zero-order valence-corrected chi connectivity index (χ0v) is 10.7. The Labute approximate surface area is 110 Å². The lowest BCUT2D eigenvalue weighted by Gasteiger charge is -2.08. The molecule has 19 heavy (non-hydrogen) atoms. The van der Waals surface area contributed by atoms with Crippen LogP contribution in [0, 0.1) is 10.1 Å². The van der Waals surface area contributed by atoms with E-state index in [-0.39, 0.29) is 11.3 Å². The number of nitrogens with two attached hydrogens (primary N) is 1. The SMILES string of the molecule is CCOCCCNc1ccc(C(N)=O)cc1[N+](=O)[O-]. The van der Waals surface area contributed by atoms with Crippen LogP contribution in [0.2, 0.25) is 0 Å². The number of hydrogen-bond donors (Lipinski definition) is 2. The fraction of sp³-hybridized carbons (Fsp3) is 0.417. The van der Waals surface area contributed by atoms with Crippen LogP contribution < -0.4 is 11.1 Å². The number of nitro groups is 1. The number of amides is 1. The summed E-state index contributed by atoms with van der Waals surface area (Å²) in [5, 5.41) is 13.9. The Hall–Kier alpha value is -2.15. The number of nitrogens with one attached hydrogen (secondary N) is 1. The Morgan fingerprint density at radius 2 is 2.26 bits per heavy atom. The van der Waals surface area contributed by atoms with Gasteiger partial charge in [-0.2, -0.15) is 0 Å². The first-order chi connectivity index (χ1) is 9.06. The maximum atomic E-state index is 11.0. The van der Waals surface area contributed by atoms with Gasteiger partial charge in [0.25, 0.3) is 5.69 Å². The molecule has 7 heteroatoms. The summed E-state index contributed by atoms with van der Waals surface area (Å²) in [6.07, 6.45) is 0.739. The first kappa shape index (κ1) is 14.9. The molecule has 1 aromatic rings. The van der Waals surface area contributed by atoms with Crippen molar-refractivity contribution in [1.82, 2.24) is 0 Å². The fourth-order valence-electron chi connectivity index (χ4n) is 1.53. The van der Waals surface area contributed by atoms with E-state index in [0.717, 1.165) is 6.42 Å². The average Bonchev–Trinajstić information content (AvgIpc) is 2.38. The van der Waals surface area contributed by atoms with Crippen molar-refractivity contribution in [1.29, 1.82) is 0 Å². The fourth-order valence-corrected chi connectivity index (χ4v) is 1.53. The van der Waals surface area contributed by atoms with Crippen LogP contribution in [0.5, 0.6) is 0 Å². The van der Waals surface area contributed by atoms with E-state index < -0.39 is 10.8 Å². The second kappa shape index (κ2) is 7.32. The van der Waals surface area contributed by atoms with Crippen LogP contribution in [-0.2, 0) is 4.74 Å². The molecule has 0 atom stereocenters. The molecule has 0 aliphatic rings. The number of rotatable bonds is 8. The Kier molecular flexibility index (Phi) is 5.74. The predicted octanol–water partition coefficient (Wildman–Crippen LogP) is 1.53. The van der Waals surface area contributed by atoms with E-state index in [1.807, 2.05) is 6.92 Å². The van der Waals surface area contributed by atoms with Crippen LogP contribution in [0.25, 0.3) is 0 Å². The molecule has 7 nitrogen and oxygen atoms in total. The normalized spacial score (nSPS) is 10.2. The van der Waals surface area contributed by atoms with Crippen LogP contribution in [0.3, 0.4) is 0 Å². The molecule has 0 aliphatic heterocycles. The van der Waals surface area contributed by atoms with Gasteiger partial charge in [-0.05, 0) is 25.5 Å². The van der Waals surface area contributed by atoms with E-state index >= 15 is 0 Å². The summed E-state index contributed by atoms with van der Waals surface area (Å²) in [5.41, 5.74) is 5.41. The van der Waals surface area contributed by atoms with Gasteiger partial charge in [0.2, 0.25) is 5.91 Å². The number of nitro benzene ring substituents is 1. The van der Waals surface area contributed by atoms with Crippen molar-refractivity contribution in [2.75, 3.05) is 25.1 Å². The van der Waals surface area contributed by atoms with Crippen LogP contribution in [0.1, 0.15) is 23.7 Å². The van der Waals surface area contributed by atoms with Crippen LogP contribution in [0.15, 0.2) is 18.2 Å². The van der Waals surface area contributed by atoms with Crippen LogP contribution >= 0.6 is 0 Å². The van der Waals surface area contributed by atoms with Gasteiger partial charge in [-0.15, -0.1) is 0 Å². The average molecular weight is 267 g/mol. The lowest BCUT2D eigenvalue weighted by atomic mass is 10.1. The van der Waals surface area contributed by atoms with E-state index in [1.165, 1.54) is 18.2 Å². The molecular weight excluding hydrogens is 250 g/mol. The third-order valence-corrected chi connectivity index (χ3v) is 2.46. The van der Waals surface area contributed by atoms with Crippen molar-refractivity contribution in [3.8, 4) is 0 Å². The summed E-state index contributed by atoms with van der Waals surface area (Å²) < 4.78 is 5.16. The van der Waals surface area contributed by atoms with Crippen molar-refractivity contribution in [3.05, 3.63) is 33.9 Å². The molecule has 104 valence electrons. The molecule has 0 aromatic heterocycles. The number of nitrogens with zero attached hydrogens (tertiary/aromatic N) is 1. The highest BCUT2D eigenvalue weighted by atomic mass is 16.6. The molecule has 0 bridgehead atoms. The van der Waals surface area contributed by atoms with Crippen molar-refractivity contribution >= 4 is 17.3 Å². The number of ether oxygens (including phenoxy) is 1. The molecule has 1 aromatic carbocycles. The summed E-state index contributed by atoms with van der Waals surface area (Å²) in [7, 11) is 0. The second-order valence-electron chi connectivity index (χ2n) is 3.83. The highest BCUT2D eigenvalue weighted by molar-refractivity contribution is 5.94. The van der Waals surface area contributed by atoms with E-state index in [2.05, 4.69) is 5.32 Å². The van der Waals surface area contributed by atoms with Gasteiger partial charge in [-0.1, -0.05) is 0 Å². The van der Waals surface area contributed by atoms with Gasteiger partial charge in [0.1, 0.15) is 5.69 Å². The number of primary amides is 1. The molecule has 3 N–H and O–H groups in total. The molecule has 0 fully saturated rings. The van der Waals surface area contributed by atoms with Gasteiger partial charge in [0, 0.05) is 31.4 Å². The number of hydrogen-bond acceptors (Lipinski definition) is 5. The Bertz CT molecular complexity index is 462. The maximum Gasteiger partial charge on any atom is 0.293 e. The standard InChI is InChI=1S/C12H17N3O4/c1-2-19-7-3-6-14-10-5-4-9(12(13)16)8-11(10)15(17)18/h4-5,8,14H,2-3,6-7H2,1H3,(H2,13,16). The Morgan fingerprint density at radius 1 is 1.53 bits per heavy atom. The third kappa shape index (κ3) is 4.55. The number of carbonyl (C=O) groups excluding carboxylic acids is 1. The quantitative estimate of drug-likeness (QED) is 0.422. The van der Waals surface area contributed by atoms with Crippen LogP contribution in [-0.4, -0.2) is 30.6 Å². The van der Waals surface area contributed by atoms with Gasteiger partial charge in [0.05, 0.1) is 4.92 Å². The second-order valence-corrected chi connectivity index (χ2v) is 3.83. The minimum atomic E-state index is -0.689. The van der Waals surface area contributed by atoms with E-state index in [0.29, 0.717) is 25.4 Å². The lowest BCUT2D eigenvalue weighted by Crippen LogP contribution is -2.12. The van der Waals surface area contributed by atoms with Crippen molar-refractivity contribution < 1.29 is 14.5 Å². The minimum absolute atomic E-state index is 0.117. The predicted molar refractivity (Wildman–Crippen MR) is 71.2 cm³/mol. The Morgan fingerprint density at radius 3 is 2.84 bits per heavy atom. The summed E-state index contributed by atoms with van der Waals surface area (Å²) >= 11 is 0. The summed E-state index contributed by atoms with van der Waals surface area (Å²) in [4.78, 5) is 21.4. The molecular formula is C12H17N3O4. The molecule has 0 aliphatic carbocycles. The minimum Gasteiger partial charge on any atom is -0.382 e. The summed E-state index contributed by atoms with van der Waals surface area (Å²) in [6.45, 7) is 3.70. The molecule has 1 rings (SSSR count). The van der Waals surface area contributed by atoms with Gasteiger partial charge in [0.15, 0.2) is 0 Å². The topological polar surface area (TPSA) is 107 Å². The molecule has 0 spiro atoms. The Balaban J connectivity index is 2.71. The van der Waals surface area contributed by atoms with Crippen LogP contribution in [0.4, 0.5) is 11.4 Å². The number of benzene rings is 1. The third-order valence-electron chi connectivity index (χ3n) is 2.46. The zero-order chi connectivity index (χ0) is 14.3. The van der Waals surface area contributed by atoms with Gasteiger partial charge >= 0.3 is 0 Å². The van der Waals surface area contributed by atoms with Crippen molar-refractivity contribution in [3.63, 3.8) is 0 Å². The molecule has 0 unspecified atom stereocenters. The summed E-state index contributed by atoms with van der Waals surface area (Å²) in [6, 6.07) is 4.12. The molecule has 0 radical (unpaired) electrons.